The van der Waals surface area contributed by atoms with Gasteiger partial charge in [0.05, 0.1) is 0 Å². The van der Waals surface area contributed by atoms with E-state index in [1.807, 2.05) is 13.1 Å². The predicted molar refractivity (Wildman–Crippen MR) is 95.7 cm³/mol. The molecule has 0 amide bonds. The van der Waals surface area contributed by atoms with Crippen LogP contribution in [0.5, 0.6) is 0 Å². The van der Waals surface area contributed by atoms with Gasteiger partial charge in [-0.1, -0.05) is 18.2 Å². The van der Waals surface area contributed by atoms with Crippen LogP contribution >= 0.6 is 0 Å². The number of nitrogens with zero attached hydrogens (tertiary/aromatic N) is 2. The summed E-state index contributed by atoms with van der Waals surface area (Å²) in [5, 5.41) is 6.89. The van der Waals surface area contributed by atoms with Gasteiger partial charge in [0.25, 0.3) is 0 Å². The maximum Gasteiger partial charge on any atom is 0.0400 e. The fourth-order valence-electron chi connectivity index (χ4n) is 3.10. The molecule has 1 aromatic rings. The lowest BCUT2D eigenvalue weighted by Gasteiger charge is -2.31. The molecule has 22 heavy (non-hydrogen) atoms. The van der Waals surface area contributed by atoms with Gasteiger partial charge in [0, 0.05) is 51.5 Å². The number of likely N-dealkylation sites (N-methyl/N-ethyl adjacent to an activating group) is 3. The van der Waals surface area contributed by atoms with Crippen LogP contribution in [0.4, 0.5) is 5.69 Å². The summed E-state index contributed by atoms with van der Waals surface area (Å²) in [6, 6.07) is 7.21. The van der Waals surface area contributed by atoms with Crippen LogP contribution in [-0.2, 0) is 13.0 Å². The number of rotatable bonds is 8. The maximum absolute atomic E-state index is 3.80. The van der Waals surface area contributed by atoms with E-state index in [0.29, 0.717) is 6.04 Å². The lowest BCUT2D eigenvalue weighted by atomic mass is 9.93. The average Bonchev–Trinajstić information content (AvgIpc) is 2.52. The molecule has 4 nitrogen and oxygen atoms in total. The Morgan fingerprint density at radius 3 is 2.91 bits per heavy atom. The number of hydrogen-bond acceptors (Lipinski definition) is 4. The molecule has 0 radical (unpaired) electrons. The lowest BCUT2D eigenvalue weighted by Crippen LogP contribution is -2.42. The smallest absolute Gasteiger partial charge is 0.0400 e. The Morgan fingerprint density at radius 1 is 1.36 bits per heavy atom. The first-order chi connectivity index (χ1) is 10.7. The van der Waals surface area contributed by atoms with Gasteiger partial charge < -0.3 is 20.4 Å². The molecule has 2 rings (SSSR count). The molecule has 1 aliphatic rings. The van der Waals surface area contributed by atoms with E-state index >= 15 is 0 Å². The van der Waals surface area contributed by atoms with Gasteiger partial charge in [-0.2, -0.15) is 0 Å². The molecule has 1 heterocycles. The van der Waals surface area contributed by atoms with Crippen molar-refractivity contribution in [1.29, 1.82) is 0 Å². The molecule has 0 aromatic heterocycles. The van der Waals surface area contributed by atoms with E-state index in [1.54, 1.807) is 0 Å². The molecule has 1 atom stereocenters. The third-order valence-corrected chi connectivity index (χ3v) is 4.40. The number of benzene rings is 1. The predicted octanol–water partition coefficient (Wildman–Crippen LogP) is 1.47. The molecule has 0 spiro atoms. The first-order valence-electron chi connectivity index (χ1n) is 8.15. The van der Waals surface area contributed by atoms with Crippen molar-refractivity contribution in [2.45, 2.75) is 19.0 Å². The fraction of sp³-hybridized carbons (Fsp3) is 0.556. The molecule has 2 N–H and O–H groups in total. The van der Waals surface area contributed by atoms with Crippen LogP contribution in [0.1, 0.15) is 11.1 Å². The topological polar surface area (TPSA) is 30.5 Å². The zero-order valence-corrected chi connectivity index (χ0v) is 14.2. The minimum atomic E-state index is 0.524. The van der Waals surface area contributed by atoms with E-state index in [4.69, 9.17) is 0 Å². The van der Waals surface area contributed by atoms with Gasteiger partial charge in [-0.15, -0.1) is 6.58 Å². The van der Waals surface area contributed by atoms with Crippen molar-refractivity contribution in [3.63, 3.8) is 0 Å². The number of anilines is 1. The van der Waals surface area contributed by atoms with Gasteiger partial charge in [0.1, 0.15) is 0 Å². The summed E-state index contributed by atoms with van der Waals surface area (Å²) in [6.45, 7) is 8.80. The lowest BCUT2D eigenvalue weighted by molar-refractivity contribution is 0.378. The summed E-state index contributed by atoms with van der Waals surface area (Å²) in [4.78, 5) is 4.68. The third-order valence-electron chi connectivity index (χ3n) is 4.40. The van der Waals surface area contributed by atoms with Gasteiger partial charge in [0.15, 0.2) is 0 Å². The Kier molecular flexibility index (Phi) is 6.43. The zero-order chi connectivity index (χ0) is 15.9. The average molecular weight is 302 g/mol. The van der Waals surface area contributed by atoms with E-state index in [-0.39, 0.29) is 0 Å². The van der Waals surface area contributed by atoms with Gasteiger partial charge in [-0.3, -0.25) is 0 Å². The van der Waals surface area contributed by atoms with Crippen LogP contribution < -0.4 is 15.5 Å². The van der Waals surface area contributed by atoms with Gasteiger partial charge in [-0.05, 0) is 37.7 Å². The minimum absolute atomic E-state index is 0.524. The van der Waals surface area contributed by atoms with E-state index in [2.05, 4.69) is 59.3 Å². The van der Waals surface area contributed by atoms with Crippen molar-refractivity contribution < 1.29 is 0 Å². The van der Waals surface area contributed by atoms with Gasteiger partial charge >= 0.3 is 0 Å². The van der Waals surface area contributed by atoms with Crippen LogP contribution in [0.15, 0.2) is 30.9 Å². The number of nitrogens with one attached hydrogen (secondary N) is 2. The molecule has 0 aliphatic carbocycles. The van der Waals surface area contributed by atoms with Crippen LogP contribution in [0.25, 0.3) is 0 Å². The summed E-state index contributed by atoms with van der Waals surface area (Å²) in [7, 11) is 6.36. The quantitative estimate of drug-likeness (QED) is 0.712. The highest BCUT2D eigenvalue weighted by Crippen LogP contribution is 2.27. The van der Waals surface area contributed by atoms with Crippen molar-refractivity contribution in [2.24, 2.45) is 0 Å². The first-order valence-corrected chi connectivity index (χ1v) is 8.15. The number of hydrogen-bond donors (Lipinski definition) is 2. The molecule has 4 heteroatoms. The van der Waals surface area contributed by atoms with Gasteiger partial charge in [0.2, 0.25) is 0 Å². The van der Waals surface area contributed by atoms with E-state index in [9.17, 15) is 0 Å². The number of fused-ring (bicyclic) bond motifs is 1. The molecule has 0 fully saturated rings. The summed E-state index contributed by atoms with van der Waals surface area (Å²) >= 11 is 0. The van der Waals surface area contributed by atoms with Crippen molar-refractivity contribution in [2.75, 3.05) is 52.2 Å². The SMILES string of the molecule is C=CCN(C)CCN(C)c1cccc2c1CC(CNC)NC2. The fourth-order valence-corrected chi connectivity index (χ4v) is 3.10. The van der Waals surface area contributed by atoms with Crippen LogP contribution in [0, 0.1) is 0 Å². The monoisotopic (exact) mass is 302 g/mol. The normalized spacial score (nSPS) is 17.4. The minimum Gasteiger partial charge on any atom is -0.373 e. The largest absolute Gasteiger partial charge is 0.373 e. The second-order valence-electron chi connectivity index (χ2n) is 6.23. The molecule has 0 saturated carbocycles. The highest BCUT2D eigenvalue weighted by atomic mass is 15.2. The van der Waals surface area contributed by atoms with Crippen LogP contribution in [0.2, 0.25) is 0 Å². The van der Waals surface area contributed by atoms with Crippen molar-refractivity contribution >= 4 is 5.69 Å². The molecule has 1 aliphatic heterocycles. The maximum atomic E-state index is 3.80. The summed E-state index contributed by atoms with van der Waals surface area (Å²) in [5.74, 6) is 0. The highest BCUT2D eigenvalue weighted by molar-refractivity contribution is 5.57. The molecular weight excluding hydrogens is 272 g/mol. The Morgan fingerprint density at radius 2 is 2.18 bits per heavy atom. The standard InChI is InChI=1S/C18H30N4/c1-5-9-21(3)10-11-22(4)18-8-6-7-15-13-20-16(14-19-2)12-17(15)18/h5-8,16,19-20H,1,9-14H2,2-4H3. The Balaban J connectivity index is 2.06. The first kappa shape index (κ1) is 17.0. The van der Waals surface area contributed by atoms with E-state index < -0.39 is 0 Å². The van der Waals surface area contributed by atoms with E-state index in [1.165, 1.54) is 16.8 Å². The summed E-state index contributed by atoms with van der Waals surface area (Å²) < 4.78 is 0. The molecule has 122 valence electrons. The molecule has 0 saturated heterocycles. The second kappa shape index (κ2) is 8.32. The third kappa shape index (κ3) is 4.32. The Hall–Kier alpha value is -1.36. The summed E-state index contributed by atoms with van der Waals surface area (Å²) in [5.41, 5.74) is 4.33. The van der Waals surface area contributed by atoms with Crippen molar-refractivity contribution in [1.82, 2.24) is 15.5 Å². The Labute approximate surface area is 135 Å². The van der Waals surface area contributed by atoms with Crippen molar-refractivity contribution in [3.05, 3.63) is 42.0 Å². The molecular formula is C18H30N4. The van der Waals surface area contributed by atoms with Crippen LogP contribution in [0.3, 0.4) is 0 Å². The Bertz CT molecular complexity index is 486. The summed E-state index contributed by atoms with van der Waals surface area (Å²) in [6.07, 6.45) is 3.05. The highest BCUT2D eigenvalue weighted by Gasteiger charge is 2.21. The molecule has 1 unspecified atom stereocenters. The van der Waals surface area contributed by atoms with E-state index in [0.717, 1.165) is 39.1 Å². The second-order valence-corrected chi connectivity index (χ2v) is 6.23. The van der Waals surface area contributed by atoms with Crippen molar-refractivity contribution in [3.8, 4) is 0 Å². The molecule has 1 aromatic carbocycles. The van der Waals surface area contributed by atoms with Crippen LogP contribution in [-0.4, -0.2) is 58.3 Å². The zero-order valence-electron chi connectivity index (χ0n) is 14.2. The van der Waals surface area contributed by atoms with Gasteiger partial charge in [-0.25, -0.2) is 0 Å². The molecule has 0 bridgehead atoms.